The number of hydrogen-bond acceptors (Lipinski definition) is 4. The Morgan fingerprint density at radius 3 is 2.40 bits per heavy atom. The summed E-state index contributed by atoms with van der Waals surface area (Å²) in [5.74, 6) is -1.85. The molecule has 0 amide bonds. The van der Waals surface area contributed by atoms with Crippen molar-refractivity contribution >= 4 is 23.5 Å². The Hall–Kier alpha value is 0.490. The molecule has 5 heteroatoms. The van der Waals surface area contributed by atoms with Gasteiger partial charge in [-0.05, 0) is 6.26 Å². The van der Waals surface area contributed by atoms with Gasteiger partial charge < -0.3 is 11.3 Å². The molecule has 0 atom stereocenters. The number of carbonyl (C=O) groups excluding carboxylic acids is 2. The zero-order valence-electron chi connectivity index (χ0n) is 7.05. The zero-order valence-corrected chi connectivity index (χ0v) is 8.86. The summed E-state index contributed by atoms with van der Waals surface area (Å²) in [4.78, 5) is 20.0. The summed E-state index contributed by atoms with van der Waals surface area (Å²) in [7, 11) is 0. The van der Waals surface area contributed by atoms with Crippen molar-refractivity contribution in [1.29, 1.82) is 0 Å². The predicted octanol–water partition coefficient (Wildman–Crippen LogP) is -3.82. The van der Waals surface area contributed by atoms with Gasteiger partial charge in [-0.2, -0.15) is 11.8 Å². The van der Waals surface area contributed by atoms with E-state index in [9.17, 15) is 14.7 Å². The van der Waals surface area contributed by atoms with E-state index in [2.05, 4.69) is 0 Å². The third-order valence-electron chi connectivity index (χ3n) is 0.761. The second-order valence-electron chi connectivity index (χ2n) is 1.45. The van der Waals surface area contributed by atoms with Crippen LogP contribution in [0.15, 0.2) is 0 Å². The van der Waals surface area contributed by atoms with Gasteiger partial charge in [-0.15, -0.1) is 0 Å². The van der Waals surface area contributed by atoms with Gasteiger partial charge >= 0.3 is 29.6 Å². The van der Waals surface area contributed by atoms with E-state index in [-0.39, 0.29) is 37.4 Å². The van der Waals surface area contributed by atoms with Crippen molar-refractivity contribution in [3.8, 4) is 0 Å². The molecule has 0 bridgehead atoms. The van der Waals surface area contributed by atoms with Crippen LogP contribution >= 0.6 is 11.8 Å². The van der Waals surface area contributed by atoms with Crippen LogP contribution in [0.25, 0.3) is 0 Å². The first-order chi connectivity index (χ1) is 4.18. The Morgan fingerprint density at radius 1 is 1.60 bits per heavy atom. The average Bonchev–Trinajstić information content (AvgIpc) is 1.82. The van der Waals surface area contributed by atoms with Crippen LogP contribution in [0, 0.1) is 0 Å². The molecule has 0 aromatic heterocycles. The van der Waals surface area contributed by atoms with E-state index in [4.69, 9.17) is 0 Å². The molecule has 0 aliphatic heterocycles. The fourth-order valence-corrected chi connectivity index (χ4v) is 0.686. The van der Waals surface area contributed by atoms with Crippen LogP contribution in [0.1, 0.15) is 7.85 Å². The molecule has 0 fully saturated rings. The summed E-state index contributed by atoms with van der Waals surface area (Å²) >= 11 is 1.44. The number of rotatable bonds is 4. The molecule has 0 unspecified atom stereocenters. The smallest absolute Gasteiger partial charge is 1.00 e. The molecule has 0 saturated carbocycles. The summed E-state index contributed by atoms with van der Waals surface area (Å²) in [5, 5.41) is 9.74. The van der Waals surface area contributed by atoms with E-state index in [1.165, 1.54) is 11.8 Å². The van der Waals surface area contributed by atoms with E-state index in [0.29, 0.717) is 5.75 Å². The average molecular weight is 171 g/mol. The van der Waals surface area contributed by atoms with Gasteiger partial charge in [0.05, 0.1) is 0 Å². The molecule has 0 spiro atoms. The predicted molar refractivity (Wildman–Crippen MR) is 34.1 cm³/mol. The van der Waals surface area contributed by atoms with Gasteiger partial charge in [-0.25, -0.2) is 0 Å². The molecule has 10 heavy (non-hydrogen) atoms. The summed E-state index contributed by atoms with van der Waals surface area (Å²) in [5.41, 5.74) is 0. The largest absolute Gasteiger partial charge is 1.00 e. The topological polar surface area (TPSA) is 57.2 Å². The van der Waals surface area contributed by atoms with Gasteiger partial charge in [0.15, 0.2) is 5.78 Å². The Morgan fingerprint density at radius 2 is 2.10 bits per heavy atom. The molecule has 0 radical (unpaired) electrons. The van der Waals surface area contributed by atoms with Gasteiger partial charge in [-0.3, -0.25) is 4.79 Å². The molecule has 54 valence electrons. The van der Waals surface area contributed by atoms with Crippen molar-refractivity contribution in [1.82, 2.24) is 0 Å². The molecule has 0 heterocycles. The Balaban J connectivity index is -0.000000320. The number of ketones is 1. The maximum atomic E-state index is 10.2. The maximum Gasteiger partial charge on any atom is 1.00 e. The van der Waals surface area contributed by atoms with Crippen molar-refractivity contribution in [2.75, 3.05) is 12.0 Å². The first-order valence-electron chi connectivity index (χ1n) is 2.41. The second-order valence-corrected chi connectivity index (χ2v) is 2.44. The van der Waals surface area contributed by atoms with Crippen LogP contribution < -0.4 is 34.7 Å². The van der Waals surface area contributed by atoms with Gasteiger partial charge in [0.1, 0.15) is 5.97 Å². The van der Waals surface area contributed by atoms with Crippen molar-refractivity contribution in [2.24, 2.45) is 0 Å². The molecule has 0 aliphatic rings. The van der Waals surface area contributed by atoms with Crippen molar-refractivity contribution in [3.63, 3.8) is 0 Å². The number of carboxylic acids is 1. The molecule has 0 saturated heterocycles. The van der Waals surface area contributed by atoms with Gasteiger partial charge in [0.2, 0.25) is 0 Å². The van der Waals surface area contributed by atoms with Gasteiger partial charge in [-0.1, -0.05) is 0 Å². The van der Waals surface area contributed by atoms with Crippen LogP contribution in [-0.2, 0) is 9.59 Å². The summed E-state index contributed by atoms with van der Waals surface area (Å²) in [6.07, 6.45) is 1.88. The third-order valence-corrected chi connectivity index (χ3v) is 1.37. The van der Waals surface area contributed by atoms with Crippen LogP contribution in [0.4, 0.5) is 0 Å². The van der Waals surface area contributed by atoms with Crippen LogP contribution in [0.5, 0.6) is 0 Å². The number of carboxylic acid groups (broad SMARTS) is 1. The van der Waals surface area contributed by atoms with E-state index >= 15 is 0 Å². The minimum Gasteiger partial charge on any atom is -1.00 e. The SMILES string of the molecule is CSCCC(=O)C(=O)[O-].[H-].[Na+]. The first-order valence-corrected chi connectivity index (χ1v) is 3.81. The number of thioether (sulfide) groups is 1. The van der Waals surface area contributed by atoms with Crippen LogP contribution in [0.3, 0.4) is 0 Å². The van der Waals surface area contributed by atoms with E-state index in [1.54, 1.807) is 0 Å². The zero-order chi connectivity index (χ0) is 7.28. The van der Waals surface area contributed by atoms with E-state index in [1.807, 2.05) is 6.26 Å². The normalized spacial score (nSPS) is 8.10. The molecule has 0 rings (SSSR count). The summed E-state index contributed by atoms with van der Waals surface area (Å²) < 4.78 is 0. The number of Topliss-reactive ketones (excluding diaryl/α,β-unsaturated/α-hetero) is 1. The summed E-state index contributed by atoms with van der Waals surface area (Å²) in [6, 6.07) is 0. The second kappa shape index (κ2) is 7.60. The Kier molecular flexibility index (Phi) is 9.96. The molecule has 0 aromatic rings. The van der Waals surface area contributed by atoms with E-state index < -0.39 is 11.8 Å². The minimum atomic E-state index is -1.58. The minimum absolute atomic E-state index is 0. The number of hydrogen-bond donors (Lipinski definition) is 0. The Labute approximate surface area is 87.3 Å². The summed E-state index contributed by atoms with van der Waals surface area (Å²) in [6.45, 7) is 0. The quantitative estimate of drug-likeness (QED) is 0.321. The van der Waals surface area contributed by atoms with E-state index in [0.717, 1.165) is 0 Å². The molecule has 0 aliphatic carbocycles. The molecular weight excluding hydrogens is 163 g/mol. The van der Waals surface area contributed by atoms with Gasteiger partial charge in [0, 0.05) is 12.2 Å². The van der Waals surface area contributed by atoms with Gasteiger partial charge in [0.25, 0.3) is 0 Å². The van der Waals surface area contributed by atoms with Crippen LogP contribution in [-0.4, -0.2) is 23.8 Å². The molecule has 0 N–H and O–H groups in total. The Bertz CT molecular complexity index is 131. The molecule has 3 nitrogen and oxygen atoms in total. The van der Waals surface area contributed by atoms with Crippen LogP contribution in [0.2, 0.25) is 0 Å². The molecular formula is C5H8NaO3S-. The fraction of sp³-hybridized carbons (Fsp3) is 0.600. The third kappa shape index (κ3) is 6.61. The van der Waals surface area contributed by atoms with Crippen molar-refractivity contribution in [3.05, 3.63) is 0 Å². The number of aliphatic carboxylic acids is 1. The monoisotopic (exact) mass is 171 g/mol. The molecule has 0 aromatic carbocycles. The fourth-order valence-electron chi connectivity index (χ4n) is 0.297. The maximum absolute atomic E-state index is 10.2. The standard InChI is InChI=1S/C5H8O3S.Na.H/c1-9-3-2-4(6)5(7)8;;/h2-3H2,1H3,(H,7,8);;/q;+1;-1/p-1. The van der Waals surface area contributed by atoms with Crippen molar-refractivity contribution in [2.45, 2.75) is 6.42 Å². The number of carbonyl (C=O) groups is 2. The first kappa shape index (κ1) is 13.1. The van der Waals surface area contributed by atoms with Crippen molar-refractivity contribution < 1.29 is 45.7 Å².